The lowest BCUT2D eigenvalue weighted by Gasteiger charge is -2.25. The summed E-state index contributed by atoms with van der Waals surface area (Å²) in [4.78, 5) is 51.1. The second-order valence-corrected chi connectivity index (χ2v) is 7.45. The third-order valence-electron chi connectivity index (χ3n) is 4.83. The van der Waals surface area contributed by atoms with Gasteiger partial charge >= 0.3 is 11.9 Å². The van der Waals surface area contributed by atoms with Crippen molar-refractivity contribution in [3.05, 3.63) is 58.5 Å². The van der Waals surface area contributed by atoms with Gasteiger partial charge in [-0.2, -0.15) is 0 Å². The molecule has 2 heterocycles. The van der Waals surface area contributed by atoms with Gasteiger partial charge in [-0.3, -0.25) is 14.5 Å². The highest BCUT2D eigenvalue weighted by atomic mass is 16.5. The number of carbonyl (C=O) groups is 4. The molecule has 0 N–H and O–H groups in total. The first-order valence-corrected chi connectivity index (χ1v) is 9.55. The van der Waals surface area contributed by atoms with Gasteiger partial charge < -0.3 is 13.9 Å². The van der Waals surface area contributed by atoms with Crippen LogP contribution < -0.4 is 0 Å². The zero-order valence-electron chi connectivity index (χ0n) is 17.3. The number of carbonyl (C=O) groups excluding carboxylic acids is 4. The lowest BCUT2D eigenvalue weighted by molar-refractivity contribution is -0.150. The number of nitrogens with zero attached hydrogens (tertiary/aromatic N) is 1. The molecule has 1 aromatic heterocycles. The molecular weight excluding hydrogens is 390 g/mol. The average Bonchev–Trinajstić information content (AvgIpc) is 3.21. The van der Waals surface area contributed by atoms with Crippen LogP contribution in [0, 0.1) is 12.8 Å². The van der Waals surface area contributed by atoms with E-state index in [-0.39, 0.29) is 41.4 Å². The fraction of sp³-hybridized carbons (Fsp3) is 0.364. The van der Waals surface area contributed by atoms with Crippen molar-refractivity contribution in [2.75, 3.05) is 7.11 Å². The van der Waals surface area contributed by atoms with Crippen LogP contribution in [0.2, 0.25) is 0 Å². The number of hydrogen-bond acceptors (Lipinski definition) is 7. The van der Waals surface area contributed by atoms with Crippen molar-refractivity contribution in [2.45, 2.75) is 39.8 Å². The minimum absolute atomic E-state index is 0.0312. The predicted molar refractivity (Wildman–Crippen MR) is 105 cm³/mol. The SMILES string of the molecule is COC(=O)c1cc(COC(=O)[C@H](CC(C)C)N2C(=O)c3ccccc3C2=O)oc1C. The van der Waals surface area contributed by atoms with E-state index >= 15 is 0 Å². The highest BCUT2D eigenvalue weighted by Crippen LogP contribution is 2.28. The first kappa shape index (κ1) is 21.3. The average molecular weight is 413 g/mol. The van der Waals surface area contributed by atoms with Gasteiger partial charge in [0.1, 0.15) is 29.7 Å². The lowest BCUT2D eigenvalue weighted by atomic mass is 10.0. The summed E-state index contributed by atoms with van der Waals surface area (Å²) in [6.07, 6.45) is 0.259. The molecule has 0 aliphatic carbocycles. The van der Waals surface area contributed by atoms with Crippen LogP contribution in [-0.2, 0) is 20.9 Å². The van der Waals surface area contributed by atoms with Crippen molar-refractivity contribution >= 4 is 23.8 Å². The highest BCUT2D eigenvalue weighted by Gasteiger charge is 2.43. The Morgan fingerprint density at radius 3 is 2.23 bits per heavy atom. The van der Waals surface area contributed by atoms with Gasteiger partial charge in [-0.05, 0) is 37.5 Å². The summed E-state index contributed by atoms with van der Waals surface area (Å²) in [6.45, 7) is 5.13. The van der Waals surface area contributed by atoms with Crippen molar-refractivity contribution in [2.24, 2.45) is 5.92 Å². The van der Waals surface area contributed by atoms with E-state index in [2.05, 4.69) is 4.74 Å². The maximum absolute atomic E-state index is 12.9. The first-order valence-electron chi connectivity index (χ1n) is 9.55. The zero-order valence-corrected chi connectivity index (χ0v) is 17.3. The van der Waals surface area contributed by atoms with E-state index in [1.165, 1.54) is 13.2 Å². The molecular formula is C22H23NO7. The fourth-order valence-electron chi connectivity index (χ4n) is 3.41. The van der Waals surface area contributed by atoms with Crippen LogP contribution in [0.25, 0.3) is 0 Å². The van der Waals surface area contributed by atoms with E-state index < -0.39 is 29.8 Å². The Labute approximate surface area is 173 Å². The van der Waals surface area contributed by atoms with Crippen LogP contribution in [0.5, 0.6) is 0 Å². The Morgan fingerprint density at radius 1 is 1.10 bits per heavy atom. The van der Waals surface area contributed by atoms with E-state index in [0.29, 0.717) is 5.76 Å². The van der Waals surface area contributed by atoms with E-state index in [0.717, 1.165) is 4.90 Å². The predicted octanol–water partition coefficient (Wildman–Crippen LogP) is 3.13. The molecule has 1 aliphatic heterocycles. The second-order valence-electron chi connectivity index (χ2n) is 7.45. The number of hydrogen-bond donors (Lipinski definition) is 0. The summed E-state index contributed by atoms with van der Waals surface area (Å²) in [5.41, 5.74) is 0.782. The van der Waals surface area contributed by atoms with Gasteiger partial charge in [0.25, 0.3) is 11.8 Å². The van der Waals surface area contributed by atoms with Crippen LogP contribution >= 0.6 is 0 Å². The Balaban J connectivity index is 1.78. The molecule has 158 valence electrons. The van der Waals surface area contributed by atoms with E-state index in [1.54, 1.807) is 31.2 Å². The number of ether oxygens (including phenoxy) is 2. The van der Waals surface area contributed by atoms with Crippen molar-refractivity contribution in [3.8, 4) is 0 Å². The van der Waals surface area contributed by atoms with Gasteiger partial charge in [-0.15, -0.1) is 0 Å². The zero-order chi connectivity index (χ0) is 22.0. The number of fused-ring (bicyclic) bond motifs is 1. The maximum atomic E-state index is 12.9. The second kappa shape index (κ2) is 8.52. The number of esters is 2. The van der Waals surface area contributed by atoms with Crippen molar-refractivity contribution in [3.63, 3.8) is 0 Å². The van der Waals surface area contributed by atoms with Crippen molar-refractivity contribution in [1.82, 2.24) is 4.90 Å². The molecule has 3 rings (SSSR count). The van der Waals surface area contributed by atoms with E-state index in [1.807, 2.05) is 13.8 Å². The molecule has 1 atom stereocenters. The third-order valence-corrected chi connectivity index (χ3v) is 4.83. The molecule has 8 nitrogen and oxygen atoms in total. The van der Waals surface area contributed by atoms with Crippen LogP contribution in [0.4, 0.5) is 0 Å². The molecule has 0 saturated carbocycles. The summed E-state index contributed by atoms with van der Waals surface area (Å²) in [7, 11) is 1.26. The number of benzene rings is 1. The Bertz CT molecular complexity index is 970. The summed E-state index contributed by atoms with van der Waals surface area (Å²) in [5.74, 6) is -1.67. The van der Waals surface area contributed by atoms with Gasteiger partial charge in [0, 0.05) is 0 Å². The topological polar surface area (TPSA) is 103 Å². The highest BCUT2D eigenvalue weighted by molar-refractivity contribution is 6.22. The molecule has 0 unspecified atom stereocenters. The van der Waals surface area contributed by atoms with Crippen LogP contribution in [0.3, 0.4) is 0 Å². The van der Waals surface area contributed by atoms with Crippen LogP contribution in [0.1, 0.15) is 62.9 Å². The number of amides is 2. The summed E-state index contributed by atoms with van der Waals surface area (Å²) < 4.78 is 15.5. The van der Waals surface area contributed by atoms with Crippen molar-refractivity contribution < 1.29 is 33.1 Å². The minimum Gasteiger partial charge on any atom is -0.465 e. The summed E-state index contributed by atoms with van der Waals surface area (Å²) in [6, 6.07) is 6.84. The number of aryl methyl sites for hydroxylation is 1. The maximum Gasteiger partial charge on any atom is 0.341 e. The fourth-order valence-corrected chi connectivity index (χ4v) is 3.41. The Morgan fingerprint density at radius 2 is 1.70 bits per heavy atom. The smallest absolute Gasteiger partial charge is 0.341 e. The Kier molecular flexibility index (Phi) is 6.05. The van der Waals surface area contributed by atoms with E-state index in [9.17, 15) is 19.2 Å². The molecule has 0 fully saturated rings. The molecule has 0 spiro atoms. The monoisotopic (exact) mass is 413 g/mol. The van der Waals surface area contributed by atoms with Crippen LogP contribution in [0.15, 0.2) is 34.7 Å². The van der Waals surface area contributed by atoms with Gasteiger partial charge in [-0.1, -0.05) is 26.0 Å². The largest absolute Gasteiger partial charge is 0.465 e. The molecule has 2 amide bonds. The van der Waals surface area contributed by atoms with Gasteiger partial charge in [0.2, 0.25) is 0 Å². The molecule has 2 aromatic rings. The van der Waals surface area contributed by atoms with Crippen LogP contribution in [-0.4, -0.2) is 41.8 Å². The quantitative estimate of drug-likeness (QED) is 0.507. The Hall–Kier alpha value is -3.42. The molecule has 8 heteroatoms. The van der Waals surface area contributed by atoms with Gasteiger partial charge in [0.05, 0.1) is 18.2 Å². The van der Waals surface area contributed by atoms with Gasteiger partial charge in [-0.25, -0.2) is 9.59 Å². The minimum atomic E-state index is -1.06. The van der Waals surface area contributed by atoms with E-state index in [4.69, 9.17) is 9.15 Å². The number of imide groups is 1. The molecule has 1 aliphatic rings. The molecule has 1 aromatic carbocycles. The summed E-state index contributed by atoms with van der Waals surface area (Å²) in [5, 5.41) is 0. The molecule has 30 heavy (non-hydrogen) atoms. The molecule has 0 radical (unpaired) electrons. The van der Waals surface area contributed by atoms with Crippen molar-refractivity contribution in [1.29, 1.82) is 0 Å². The number of furan rings is 1. The third kappa shape index (κ3) is 3.98. The standard InChI is InChI=1S/C22H23NO7/c1-12(2)9-18(23-19(24)15-7-5-6-8-16(15)20(23)25)22(27)29-11-14-10-17(13(3)30-14)21(26)28-4/h5-8,10,12,18H,9,11H2,1-4H3/t18-/m0/s1. The normalized spacial score (nSPS) is 14.1. The summed E-state index contributed by atoms with van der Waals surface area (Å²) >= 11 is 0. The van der Waals surface area contributed by atoms with Gasteiger partial charge in [0.15, 0.2) is 0 Å². The lowest BCUT2D eigenvalue weighted by Crippen LogP contribution is -2.46. The molecule has 0 saturated heterocycles. The number of methoxy groups -OCH3 is 1. The number of rotatable bonds is 7. The first-order chi connectivity index (χ1) is 14.2. The molecule has 0 bridgehead atoms.